The van der Waals surface area contributed by atoms with Gasteiger partial charge in [0, 0.05) is 51.7 Å². The third kappa shape index (κ3) is 5.49. The van der Waals surface area contributed by atoms with E-state index in [9.17, 15) is 14.3 Å². The van der Waals surface area contributed by atoms with E-state index >= 15 is 0 Å². The lowest BCUT2D eigenvalue weighted by Gasteiger charge is -2.35. The van der Waals surface area contributed by atoms with Gasteiger partial charge in [0.1, 0.15) is 27.8 Å². The highest BCUT2D eigenvalue weighted by Crippen LogP contribution is 2.30. The van der Waals surface area contributed by atoms with E-state index in [1.165, 1.54) is 23.5 Å². The predicted molar refractivity (Wildman–Crippen MR) is 138 cm³/mol. The Bertz CT molecular complexity index is 1340. The third-order valence-corrected chi connectivity index (χ3v) is 7.05. The van der Waals surface area contributed by atoms with E-state index in [1.54, 1.807) is 23.2 Å². The van der Waals surface area contributed by atoms with Crippen LogP contribution >= 0.6 is 11.3 Å². The van der Waals surface area contributed by atoms with Crippen LogP contribution in [-0.4, -0.2) is 75.6 Å². The minimum atomic E-state index is -1.02. The summed E-state index contributed by atoms with van der Waals surface area (Å²) in [5.41, 5.74) is 2.73. The molecule has 1 atom stereocenters. The molecule has 3 aromatic heterocycles. The van der Waals surface area contributed by atoms with E-state index in [0.717, 1.165) is 47.1 Å². The van der Waals surface area contributed by atoms with Gasteiger partial charge in [0.2, 0.25) is 0 Å². The van der Waals surface area contributed by atoms with Crippen molar-refractivity contribution in [1.29, 1.82) is 0 Å². The fourth-order valence-electron chi connectivity index (χ4n) is 4.13. The van der Waals surface area contributed by atoms with Crippen molar-refractivity contribution in [2.45, 2.75) is 12.8 Å². The number of aliphatic hydroxyl groups is 1. The Morgan fingerprint density at radius 3 is 2.67 bits per heavy atom. The lowest BCUT2D eigenvalue weighted by atomic mass is 10.2. The first-order chi connectivity index (χ1) is 17.5. The standard InChI is InChI=1S/C25H26FN7O2S/c1-31(19-4-2-18(26)3-5-19)22-7-6-20-24(30-22)36-25(28-20)29-21-14-17(8-9-27-21)15-32-10-12-33(13-11-32)23(35)16-34/h2-9,14,16,23,35H,10-13,15H2,1H3,(H,27,28,29). The molecular weight excluding hydrogens is 481 g/mol. The Hall–Kier alpha value is -3.51. The second-order valence-electron chi connectivity index (χ2n) is 8.58. The molecule has 0 aliphatic carbocycles. The van der Waals surface area contributed by atoms with E-state index in [1.807, 2.05) is 36.2 Å². The summed E-state index contributed by atoms with van der Waals surface area (Å²) in [7, 11) is 1.89. The maximum Gasteiger partial charge on any atom is 0.190 e. The Labute approximate surface area is 211 Å². The van der Waals surface area contributed by atoms with Crippen LogP contribution in [0.1, 0.15) is 5.56 Å². The summed E-state index contributed by atoms with van der Waals surface area (Å²) in [6.45, 7) is 3.59. The Morgan fingerprint density at radius 1 is 1.14 bits per heavy atom. The molecule has 1 saturated heterocycles. The maximum atomic E-state index is 13.3. The molecule has 186 valence electrons. The summed E-state index contributed by atoms with van der Waals surface area (Å²) >= 11 is 1.44. The molecule has 1 aliphatic rings. The number of carbonyl (C=O) groups excluding carboxylic acids is 1. The highest BCUT2D eigenvalue weighted by molar-refractivity contribution is 7.21. The summed E-state index contributed by atoms with van der Waals surface area (Å²) < 4.78 is 13.3. The molecule has 0 amide bonds. The number of benzene rings is 1. The van der Waals surface area contributed by atoms with Crippen molar-refractivity contribution in [3.63, 3.8) is 0 Å². The number of hydrogen-bond acceptors (Lipinski definition) is 10. The number of nitrogens with one attached hydrogen (secondary N) is 1. The first-order valence-electron chi connectivity index (χ1n) is 11.6. The van der Waals surface area contributed by atoms with Crippen molar-refractivity contribution < 1.29 is 14.3 Å². The highest BCUT2D eigenvalue weighted by atomic mass is 32.1. The minimum Gasteiger partial charge on any atom is -0.371 e. The molecule has 0 bridgehead atoms. The molecule has 1 aromatic carbocycles. The van der Waals surface area contributed by atoms with Gasteiger partial charge in [-0.2, -0.15) is 0 Å². The van der Waals surface area contributed by atoms with E-state index in [0.29, 0.717) is 30.3 Å². The van der Waals surface area contributed by atoms with Crippen LogP contribution < -0.4 is 10.2 Å². The molecule has 4 heterocycles. The maximum absolute atomic E-state index is 13.3. The van der Waals surface area contributed by atoms with Crippen molar-refractivity contribution in [3.05, 3.63) is 66.1 Å². The van der Waals surface area contributed by atoms with Gasteiger partial charge in [-0.1, -0.05) is 11.3 Å². The number of fused-ring (bicyclic) bond motifs is 1. The van der Waals surface area contributed by atoms with Crippen molar-refractivity contribution in [3.8, 4) is 0 Å². The predicted octanol–water partition coefficient (Wildman–Crippen LogP) is 3.37. The van der Waals surface area contributed by atoms with Crippen LogP contribution in [-0.2, 0) is 11.3 Å². The highest BCUT2D eigenvalue weighted by Gasteiger charge is 2.21. The van der Waals surface area contributed by atoms with Crippen molar-refractivity contribution in [2.75, 3.05) is 43.4 Å². The molecule has 2 N–H and O–H groups in total. The average Bonchev–Trinajstić information content (AvgIpc) is 3.30. The zero-order valence-corrected chi connectivity index (χ0v) is 20.5. The van der Waals surface area contributed by atoms with Crippen LogP contribution in [0.15, 0.2) is 54.7 Å². The first-order valence-corrected chi connectivity index (χ1v) is 12.4. The fraction of sp³-hybridized carbons (Fsp3) is 0.280. The van der Waals surface area contributed by atoms with Crippen LogP contribution in [0.4, 0.5) is 26.8 Å². The average molecular weight is 508 g/mol. The molecule has 5 rings (SSSR count). The van der Waals surface area contributed by atoms with Gasteiger partial charge in [0.25, 0.3) is 0 Å². The number of pyridine rings is 2. The largest absolute Gasteiger partial charge is 0.371 e. The molecule has 0 spiro atoms. The quantitative estimate of drug-likeness (QED) is 0.348. The molecule has 4 aromatic rings. The molecule has 1 aliphatic heterocycles. The Morgan fingerprint density at radius 2 is 1.92 bits per heavy atom. The van der Waals surface area contributed by atoms with Gasteiger partial charge in [0.05, 0.1) is 0 Å². The molecule has 0 saturated carbocycles. The number of carbonyl (C=O) groups is 1. The van der Waals surface area contributed by atoms with Crippen molar-refractivity contribution in [1.82, 2.24) is 24.8 Å². The number of rotatable bonds is 8. The zero-order chi connectivity index (χ0) is 25.1. The van der Waals surface area contributed by atoms with Crippen LogP contribution in [0.2, 0.25) is 0 Å². The number of piperazine rings is 1. The van der Waals surface area contributed by atoms with E-state index in [-0.39, 0.29) is 5.82 Å². The first kappa shape index (κ1) is 24.2. The lowest BCUT2D eigenvalue weighted by molar-refractivity contribution is -0.125. The molecule has 1 unspecified atom stereocenters. The van der Waals surface area contributed by atoms with E-state index in [2.05, 4.69) is 20.2 Å². The molecular formula is C25H26FN7O2S. The second kappa shape index (κ2) is 10.6. The molecule has 36 heavy (non-hydrogen) atoms. The van der Waals surface area contributed by atoms with E-state index < -0.39 is 6.23 Å². The Kier molecular flexibility index (Phi) is 7.14. The normalized spacial score (nSPS) is 15.6. The lowest BCUT2D eigenvalue weighted by Crippen LogP contribution is -2.50. The van der Waals surface area contributed by atoms with Crippen molar-refractivity contribution >= 4 is 50.4 Å². The Balaban J connectivity index is 1.25. The number of thiazole rings is 1. The topological polar surface area (TPSA) is 97.7 Å². The van der Waals surface area contributed by atoms with Crippen molar-refractivity contribution in [2.24, 2.45) is 0 Å². The molecule has 0 radical (unpaired) electrons. The van der Waals surface area contributed by atoms with Gasteiger partial charge >= 0.3 is 0 Å². The van der Waals surface area contributed by atoms with E-state index in [4.69, 9.17) is 4.98 Å². The second-order valence-corrected chi connectivity index (χ2v) is 9.56. The van der Waals surface area contributed by atoms with Gasteiger partial charge in [-0.15, -0.1) is 0 Å². The summed E-state index contributed by atoms with van der Waals surface area (Å²) in [5, 5.41) is 13.7. The van der Waals surface area contributed by atoms with Crippen LogP contribution in [0.5, 0.6) is 0 Å². The number of halogens is 1. The van der Waals surface area contributed by atoms with Gasteiger partial charge in [-0.3, -0.25) is 14.6 Å². The minimum absolute atomic E-state index is 0.275. The monoisotopic (exact) mass is 507 g/mol. The number of aromatic nitrogens is 3. The van der Waals surface area contributed by atoms with Crippen LogP contribution in [0.25, 0.3) is 10.3 Å². The third-order valence-electron chi connectivity index (χ3n) is 6.17. The van der Waals surface area contributed by atoms with Crippen LogP contribution in [0, 0.1) is 5.82 Å². The number of aldehydes is 1. The van der Waals surface area contributed by atoms with Gasteiger partial charge in [0.15, 0.2) is 17.6 Å². The van der Waals surface area contributed by atoms with Gasteiger partial charge in [-0.05, 0) is 54.1 Å². The van der Waals surface area contributed by atoms with Crippen LogP contribution in [0.3, 0.4) is 0 Å². The summed E-state index contributed by atoms with van der Waals surface area (Å²) in [6, 6.07) is 14.1. The SMILES string of the molecule is CN(c1ccc(F)cc1)c1ccc2nc(Nc3cc(CN4CCN(C(O)C=O)CC4)ccn3)sc2n1. The summed E-state index contributed by atoms with van der Waals surface area (Å²) in [4.78, 5) is 31.3. The summed E-state index contributed by atoms with van der Waals surface area (Å²) in [5.74, 6) is 1.17. The smallest absolute Gasteiger partial charge is 0.190 e. The van der Waals surface area contributed by atoms with Gasteiger partial charge < -0.3 is 15.3 Å². The number of nitrogens with zero attached hydrogens (tertiary/aromatic N) is 6. The van der Waals surface area contributed by atoms with Gasteiger partial charge in [-0.25, -0.2) is 19.3 Å². The molecule has 1 fully saturated rings. The number of hydrogen-bond donors (Lipinski definition) is 2. The molecule has 9 nitrogen and oxygen atoms in total. The zero-order valence-electron chi connectivity index (χ0n) is 19.7. The number of aliphatic hydroxyl groups excluding tert-OH is 1. The molecule has 11 heteroatoms. The number of anilines is 4. The summed E-state index contributed by atoms with van der Waals surface area (Å²) in [6.07, 6.45) is 1.32. The fourth-order valence-corrected chi connectivity index (χ4v) is 4.97.